The highest BCUT2D eigenvalue weighted by atomic mass is 16.5. The minimum absolute atomic E-state index is 0.115. The second-order valence-corrected chi connectivity index (χ2v) is 20.0. The Morgan fingerprint density at radius 1 is 0.231 bits per heavy atom. The molecule has 0 aromatic heterocycles. The van der Waals surface area contributed by atoms with Crippen LogP contribution >= 0.6 is 0 Å². The van der Waals surface area contributed by atoms with Crippen molar-refractivity contribution in [2.45, 2.75) is 13.2 Å². The van der Waals surface area contributed by atoms with Crippen molar-refractivity contribution in [1.82, 2.24) is 0 Å². The number of aliphatic hydroxyl groups is 2. The molecule has 78 heavy (non-hydrogen) atoms. The number of benzene rings is 14. The van der Waals surface area contributed by atoms with Gasteiger partial charge in [0.25, 0.3) is 0 Å². The smallest absolute Gasteiger partial charge is 0.136 e. The maximum absolute atomic E-state index is 10.6. The normalized spacial score (nSPS) is 11.6. The van der Waals surface area contributed by atoms with E-state index in [4.69, 9.17) is 9.47 Å². The number of ether oxygens (including phenoxy) is 2. The minimum Gasteiger partial charge on any atom is -0.456 e. The van der Waals surface area contributed by atoms with Gasteiger partial charge in [-0.15, -0.1) is 0 Å². The fourth-order valence-electron chi connectivity index (χ4n) is 11.7. The predicted molar refractivity (Wildman–Crippen MR) is 324 cm³/mol. The molecule has 0 aliphatic carbocycles. The van der Waals surface area contributed by atoms with Gasteiger partial charge in [0, 0.05) is 22.3 Å². The lowest BCUT2D eigenvalue weighted by molar-refractivity contribution is 0.281. The van der Waals surface area contributed by atoms with Crippen LogP contribution in [0.1, 0.15) is 11.1 Å². The highest BCUT2D eigenvalue weighted by Crippen LogP contribution is 2.51. The average molecular weight is 1000 g/mol. The van der Waals surface area contributed by atoms with Gasteiger partial charge in [0.2, 0.25) is 0 Å². The highest BCUT2D eigenvalue weighted by Gasteiger charge is 2.24. The summed E-state index contributed by atoms with van der Waals surface area (Å²) < 4.78 is 15.0. The number of rotatable bonds is 11. The molecule has 2 N–H and O–H groups in total. The summed E-state index contributed by atoms with van der Waals surface area (Å²) in [5.74, 6) is 2.57. The molecule has 0 aliphatic rings. The molecule has 0 aliphatic heterocycles. The van der Waals surface area contributed by atoms with Crippen LogP contribution in [-0.2, 0) is 13.2 Å². The maximum Gasteiger partial charge on any atom is 0.136 e. The SMILES string of the molecule is OCc1ccc(Oc2ccc3cc(-c4cccc5ccccc45)ccc3c2-c2c(Oc3ccc(CO)cc3-c3cccc4ccccc34)ccc3cc(-c4cccc5ccccc45)ccc23)c(-c2cccc3ccccc23)c1. The molecule has 0 fully saturated rings. The van der Waals surface area contributed by atoms with Crippen LogP contribution in [-0.4, -0.2) is 10.2 Å². The summed E-state index contributed by atoms with van der Waals surface area (Å²) in [6.45, 7) is -0.231. The van der Waals surface area contributed by atoms with Crippen LogP contribution in [0.3, 0.4) is 0 Å². The first kappa shape index (κ1) is 46.7. The van der Waals surface area contributed by atoms with Gasteiger partial charge in [0.1, 0.15) is 23.0 Å². The first-order chi connectivity index (χ1) is 38.6. The third kappa shape index (κ3) is 8.28. The molecule has 370 valence electrons. The van der Waals surface area contributed by atoms with Crippen molar-refractivity contribution in [1.29, 1.82) is 0 Å². The van der Waals surface area contributed by atoms with E-state index in [1.165, 1.54) is 21.5 Å². The number of hydrogen-bond donors (Lipinski definition) is 2. The second kappa shape index (κ2) is 19.7. The van der Waals surface area contributed by atoms with Gasteiger partial charge in [-0.3, -0.25) is 0 Å². The van der Waals surface area contributed by atoms with Gasteiger partial charge in [0.05, 0.1) is 13.2 Å². The van der Waals surface area contributed by atoms with Crippen molar-refractivity contribution < 1.29 is 19.7 Å². The molecule has 0 atom stereocenters. The van der Waals surface area contributed by atoms with E-state index in [1.54, 1.807) is 0 Å². The lowest BCUT2D eigenvalue weighted by Crippen LogP contribution is -1.98. The Labute approximate surface area is 451 Å². The van der Waals surface area contributed by atoms with E-state index in [-0.39, 0.29) is 13.2 Å². The molecule has 4 heteroatoms. The van der Waals surface area contributed by atoms with Crippen LogP contribution < -0.4 is 9.47 Å². The van der Waals surface area contributed by atoms with Crippen molar-refractivity contribution in [2.75, 3.05) is 0 Å². The van der Waals surface area contributed by atoms with Crippen molar-refractivity contribution in [2.24, 2.45) is 0 Å². The molecule has 0 heterocycles. The molecule has 14 aromatic carbocycles. The van der Waals surface area contributed by atoms with E-state index in [1.807, 2.05) is 36.4 Å². The molecule has 14 aromatic rings. The monoisotopic (exact) mass is 1000 g/mol. The highest BCUT2D eigenvalue weighted by molar-refractivity contribution is 6.13. The summed E-state index contributed by atoms with van der Waals surface area (Å²) in [6, 6.07) is 93.5. The van der Waals surface area contributed by atoms with Crippen molar-refractivity contribution >= 4 is 64.6 Å². The Hall–Kier alpha value is -9.84. The molecular weight excluding hydrogens is 953 g/mol. The van der Waals surface area contributed by atoms with Gasteiger partial charge in [-0.2, -0.15) is 0 Å². The van der Waals surface area contributed by atoms with Crippen molar-refractivity contribution in [3.8, 4) is 78.6 Å². The first-order valence-corrected chi connectivity index (χ1v) is 26.5. The quantitative estimate of drug-likeness (QED) is 0.136. The largest absolute Gasteiger partial charge is 0.456 e. The topological polar surface area (TPSA) is 58.9 Å². The van der Waals surface area contributed by atoms with Gasteiger partial charge < -0.3 is 19.7 Å². The Kier molecular flexibility index (Phi) is 11.8. The van der Waals surface area contributed by atoms with Gasteiger partial charge in [-0.25, -0.2) is 0 Å². The fourth-order valence-corrected chi connectivity index (χ4v) is 11.7. The Morgan fingerprint density at radius 3 is 0.949 bits per heavy atom. The minimum atomic E-state index is -0.115. The third-order valence-corrected chi connectivity index (χ3v) is 15.5. The van der Waals surface area contributed by atoms with Crippen LogP contribution in [0.4, 0.5) is 0 Å². The van der Waals surface area contributed by atoms with Crippen LogP contribution in [0.25, 0.3) is 120 Å². The summed E-state index contributed by atoms with van der Waals surface area (Å²) in [7, 11) is 0. The van der Waals surface area contributed by atoms with Crippen LogP contribution in [0.2, 0.25) is 0 Å². The molecular formula is C74H50O4. The van der Waals surface area contributed by atoms with Crippen LogP contribution in [0, 0.1) is 0 Å². The maximum atomic E-state index is 10.6. The zero-order chi connectivity index (χ0) is 52.1. The van der Waals surface area contributed by atoms with Crippen molar-refractivity contribution in [3.05, 3.63) is 278 Å². The van der Waals surface area contributed by atoms with E-state index in [9.17, 15) is 10.2 Å². The first-order valence-electron chi connectivity index (χ1n) is 26.5. The lowest BCUT2D eigenvalue weighted by Gasteiger charge is -2.22. The lowest BCUT2D eigenvalue weighted by atomic mass is 9.89. The Morgan fingerprint density at radius 2 is 0.564 bits per heavy atom. The van der Waals surface area contributed by atoms with E-state index in [0.717, 1.165) is 110 Å². The van der Waals surface area contributed by atoms with E-state index in [0.29, 0.717) is 23.0 Å². The second-order valence-electron chi connectivity index (χ2n) is 20.0. The number of fused-ring (bicyclic) bond motifs is 6. The summed E-state index contributed by atoms with van der Waals surface area (Å²) >= 11 is 0. The van der Waals surface area contributed by atoms with Gasteiger partial charge in [-0.1, -0.05) is 218 Å². The molecule has 0 unspecified atom stereocenters. The van der Waals surface area contributed by atoms with Crippen molar-refractivity contribution in [3.63, 3.8) is 0 Å². The predicted octanol–water partition coefficient (Wildman–Crippen LogP) is 19.5. The summed E-state index contributed by atoms with van der Waals surface area (Å²) in [4.78, 5) is 0. The summed E-state index contributed by atoms with van der Waals surface area (Å²) in [5, 5.41) is 34.3. The Bertz CT molecular complexity index is 4350. The van der Waals surface area contributed by atoms with Gasteiger partial charge in [0.15, 0.2) is 0 Å². The molecule has 4 nitrogen and oxygen atoms in total. The molecule has 0 radical (unpaired) electrons. The zero-order valence-electron chi connectivity index (χ0n) is 42.5. The summed E-state index contributed by atoms with van der Waals surface area (Å²) in [5.41, 5.74) is 11.6. The Balaban J connectivity index is 1.04. The molecule has 0 saturated heterocycles. The average Bonchev–Trinajstić information content (AvgIpc) is 3.70. The molecule has 14 rings (SSSR count). The fraction of sp³-hybridized carbons (Fsp3) is 0.0270. The standard InChI is InChI=1S/C74H50O4/c75-45-47-29-37-69(67(41-47)65-27-11-19-51-15-3-7-23-59(51)65)77-71-39-33-55-43-53(61-25-9-17-49-13-1-5-21-57(49)61)31-35-63(55)73(71)74-64-36-32-54(62-26-10-18-50-14-2-6-22-58(50)62)44-56(64)34-40-72(74)78-70-38-30-48(46-76)42-68(70)66-28-12-20-52-16-4-8-24-60(52)66/h1-44,75-76H,45-46H2. The van der Waals surface area contributed by atoms with Crippen LogP contribution in [0.15, 0.2) is 267 Å². The van der Waals surface area contributed by atoms with Gasteiger partial charge in [-0.05, 0) is 158 Å². The molecule has 0 saturated carbocycles. The van der Waals surface area contributed by atoms with E-state index >= 15 is 0 Å². The number of hydrogen-bond acceptors (Lipinski definition) is 4. The molecule has 0 amide bonds. The van der Waals surface area contributed by atoms with E-state index in [2.05, 4.69) is 231 Å². The summed E-state index contributed by atoms with van der Waals surface area (Å²) in [6.07, 6.45) is 0. The zero-order valence-corrected chi connectivity index (χ0v) is 42.5. The third-order valence-electron chi connectivity index (χ3n) is 15.5. The molecule has 0 bridgehead atoms. The van der Waals surface area contributed by atoms with E-state index < -0.39 is 0 Å². The van der Waals surface area contributed by atoms with Gasteiger partial charge >= 0.3 is 0 Å². The van der Waals surface area contributed by atoms with Crippen LogP contribution in [0.5, 0.6) is 23.0 Å². The number of aliphatic hydroxyl groups excluding tert-OH is 2. The molecule has 0 spiro atoms.